The van der Waals surface area contributed by atoms with Crippen LogP contribution in [0.15, 0.2) is 52.9 Å². The van der Waals surface area contributed by atoms with Crippen LogP contribution in [0.25, 0.3) is 11.5 Å². The van der Waals surface area contributed by atoms with Gasteiger partial charge in [-0.15, -0.1) is 10.2 Å². The van der Waals surface area contributed by atoms with E-state index in [4.69, 9.17) is 9.15 Å². The molecule has 1 heterocycles. The van der Waals surface area contributed by atoms with Crippen molar-refractivity contribution in [2.24, 2.45) is 0 Å². The van der Waals surface area contributed by atoms with Crippen molar-refractivity contribution in [2.45, 2.75) is 6.54 Å². The Labute approximate surface area is 137 Å². The number of halogens is 1. The zero-order valence-electron chi connectivity index (χ0n) is 12.8. The number of methoxy groups -OCH3 is 1. The van der Waals surface area contributed by atoms with Gasteiger partial charge in [0.05, 0.1) is 19.2 Å². The second-order valence-electron chi connectivity index (χ2n) is 4.89. The average molecular weight is 327 g/mol. The second kappa shape index (κ2) is 6.91. The number of rotatable bonds is 5. The van der Waals surface area contributed by atoms with E-state index in [0.29, 0.717) is 16.9 Å². The number of benzene rings is 2. The minimum absolute atomic E-state index is 0.0745. The van der Waals surface area contributed by atoms with Crippen LogP contribution in [0.1, 0.15) is 16.2 Å². The van der Waals surface area contributed by atoms with Gasteiger partial charge < -0.3 is 14.5 Å². The van der Waals surface area contributed by atoms with Crippen LogP contribution in [0.5, 0.6) is 5.75 Å². The monoisotopic (exact) mass is 327 g/mol. The number of nitrogens with one attached hydrogen (secondary N) is 1. The minimum atomic E-state index is -0.345. The Morgan fingerprint density at radius 1 is 1.17 bits per heavy atom. The van der Waals surface area contributed by atoms with E-state index in [1.165, 1.54) is 19.2 Å². The van der Waals surface area contributed by atoms with E-state index in [9.17, 15) is 9.18 Å². The van der Waals surface area contributed by atoms with E-state index < -0.39 is 0 Å². The summed E-state index contributed by atoms with van der Waals surface area (Å²) in [5.74, 6) is 0.332. The number of ether oxygens (including phenoxy) is 1. The molecule has 0 fully saturated rings. The Morgan fingerprint density at radius 2 is 1.92 bits per heavy atom. The van der Waals surface area contributed by atoms with Crippen molar-refractivity contribution in [3.63, 3.8) is 0 Å². The topological polar surface area (TPSA) is 77.2 Å². The van der Waals surface area contributed by atoms with Gasteiger partial charge in [-0.3, -0.25) is 4.79 Å². The number of nitrogens with zero attached hydrogens (tertiary/aromatic N) is 2. The molecular weight excluding hydrogens is 313 g/mol. The third kappa shape index (κ3) is 3.40. The minimum Gasteiger partial charge on any atom is -0.496 e. The van der Waals surface area contributed by atoms with Crippen molar-refractivity contribution in [3.8, 4) is 17.2 Å². The second-order valence-corrected chi connectivity index (χ2v) is 4.89. The van der Waals surface area contributed by atoms with Crippen LogP contribution in [0.3, 0.4) is 0 Å². The molecule has 3 rings (SSSR count). The van der Waals surface area contributed by atoms with Gasteiger partial charge in [0.2, 0.25) is 11.8 Å². The molecule has 0 atom stereocenters. The first-order valence-corrected chi connectivity index (χ1v) is 7.17. The number of para-hydroxylation sites is 1. The molecule has 0 aliphatic carbocycles. The lowest BCUT2D eigenvalue weighted by atomic mass is 10.2. The summed E-state index contributed by atoms with van der Waals surface area (Å²) in [5, 5.41) is 10.4. The zero-order chi connectivity index (χ0) is 16.9. The summed E-state index contributed by atoms with van der Waals surface area (Å²) in [6, 6.07) is 12.6. The maximum atomic E-state index is 12.9. The molecule has 0 radical (unpaired) electrons. The van der Waals surface area contributed by atoms with Gasteiger partial charge in [0.15, 0.2) is 0 Å². The average Bonchev–Trinajstić information content (AvgIpc) is 3.09. The van der Waals surface area contributed by atoms with Crippen molar-refractivity contribution in [1.82, 2.24) is 15.5 Å². The van der Waals surface area contributed by atoms with E-state index in [2.05, 4.69) is 15.5 Å². The van der Waals surface area contributed by atoms with E-state index in [0.717, 1.165) is 0 Å². The molecule has 3 aromatic rings. The zero-order valence-corrected chi connectivity index (χ0v) is 12.8. The third-order valence-corrected chi connectivity index (χ3v) is 3.31. The fourth-order valence-electron chi connectivity index (χ4n) is 2.12. The van der Waals surface area contributed by atoms with Gasteiger partial charge in [0, 0.05) is 5.56 Å². The summed E-state index contributed by atoms with van der Waals surface area (Å²) in [7, 11) is 1.50. The number of hydrogen-bond acceptors (Lipinski definition) is 5. The van der Waals surface area contributed by atoms with Crippen LogP contribution < -0.4 is 10.1 Å². The predicted octanol–water partition coefficient (Wildman–Crippen LogP) is 2.81. The van der Waals surface area contributed by atoms with E-state index in [-0.39, 0.29) is 30.1 Å². The number of carbonyl (C=O) groups is 1. The standard InChI is InChI=1S/C17H14FN3O3/c1-23-14-5-3-2-4-13(14)16(22)19-10-15-20-21-17(24-15)11-6-8-12(18)9-7-11/h2-9H,10H2,1H3,(H,19,22). The maximum absolute atomic E-state index is 12.9. The van der Waals surface area contributed by atoms with Crippen LogP contribution >= 0.6 is 0 Å². The van der Waals surface area contributed by atoms with Crippen molar-refractivity contribution < 1.29 is 18.3 Å². The van der Waals surface area contributed by atoms with Crippen LogP contribution in [0, 0.1) is 5.82 Å². The van der Waals surface area contributed by atoms with E-state index in [1.54, 1.807) is 36.4 Å². The molecule has 122 valence electrons. The number of amides is 1. The molecule has 24 heavy (non-hydrogen) atoms. The van der Waals surface area contributed by atoms with Gasteiger partial charge in [0.25, 0.3) is 5.91 Å². The summed E-state index contributed by atoms with van der Waals surface area (Å²) in [4.78, 5) is 12.2. The maximum Gasteiger partial charge on any atom is 0.255 e. The van der Waals surface area contributed by atoms with Crippen LogP contribution in [0.4, 0.5) is 4.39 Å². The quantitative estimate of drug-likeness (QED) is 0.780. The summed E-state index contributed by atoms with van der Waals surface area (Å²) in [6.07, 6.45) is 0. The highest BCUT2D eigenvalue weighted by atomic mass is 19.1. The van der Waals surface area contributed by atoms with Crippen LogP contribution in [-0.2, 0) is 6.54 Å². The molecule has 0 saturated carbocycles. The van der Waals surface area contributed by atoms with E-state index in [1.807, 2.05) is 0 Å². The van der Waals surface area contributed by atoms with Crippen molar-refractivity contribution in [3.05, 3.63) is 65.8 Å². The number of aromatic nitrogens is 2. The van der Waals surface area contributed by atoms with Gasteiger partial charge in [0.1, 0.15) is 11.6 Å². The first-order valence-electron chi connectivity index (χ1n) is 7.17. The van der Waals surface area contributed by atoms with Gasteiger partial charge in [-0.1, -0.05) is 12.1 Å². The SMILES string of the molecule is COc1ccccc1C(=O)NCc1nnc(-c2ccc(F)cc2)o1. The summed E-state index contributed by atoms with van der Waals surface area (Å²) in [6.45, 7) is 0.0745. The summed E-state index contributed by atoms with van der Waals surface area (Å²) < 4.78 is 23.5. The normalized spacial score (nSPS) is 10.4. The molecule has 2 aromatic carbocycles. The molecule has 0 bridgehead atoms. The summed E-state index contributed by atoms with van der Waals surface area (Å²) >= 11 is 0. The van der Waals surface area contributed by atoms with Crippen molar-refractivity contribution in [2.75, 3.05) is 7.11 Å². The lowest BCUT2D eigenvalue weighted by Crippen LogP contribution is -2.23. The predicted molar refractivity (Wildman–Crippen MR) is 83.9 cm³/mol. The number of carbonyl (C=O) groups excluding carboxylic acids is 1. The van der Waals surface area contributed by atoms with Crippen LogP contribution in [-0.4, -0.2) is 23.2 Å². The fourth-order valence-corrected chi connectivity index (χ4v) is 2.12. The van der Waals surface area contributed by atoms with Gasteiger partial charge in [-0.25, -0.2) is 4.39 Å². The summed E-state index contributed by atoms with van der Waals surface area (Å²) in [5.41, 5.74) is 1.02. The smallest absolute Gasteiger partial charge is 0.255 e. The molecule has 1 aromatic heterocycles. The molecule has 0 aliphatic heterocycles. The van der Waals surface area contributed by atoms with Gasteiger partial charge >= 0.3 is 0 Å². The molecule has 7 heteroatoms. The largest absolute Gasteiger partial charge is 0.496 e. The first-order chi connectivity index (χ1) is 11.7. The molecule has 0 aliphatic rings. The lowest BCUT2D eigenvalue weighted by Gasteiger charge is -2.07. The molecule has 6 nitrogen and oxygen atoms in total. The Bertz CT molecular complexity index is 846. The molecule has 1 N–H and O–H groups in total. The van der Waals surface area contributed by atoms with Gasteiger partial charge in [-0.05, 0) is 36.4 Å². The fraction of sp³-hybridized carbons (Fsp3) is 0.118. The van der Waals surface area contributed by atoms with Gasteiger partial charge in [-0.2, -0.15) is 0 Å². The molecule has 0 spiro atoms. The highest BCUT2D eigenvalue weighted by Gasteiger charge is 2.13. The highest BCUT2D eigenvalue weighted by Crippen LogP contribution is 2.19. The molecule has 0 saturated heterocycles. The van der Waals surface area contributed by atoms with Crippen molar-refractivity contribution >= 4 is 5.91 Å². The Morgan fingerprint density at radius 3 is 2.67 bits per heavy atom. The molecule has 0 unspecified atom stereocenters. The van der Waals surface area contributed by atoms with Crippen molar-refractivity contribution in [1.29, 1.82) is 0 Å². The number of hydrogen-bond donors (Lipinski definition) is 1. The van der Waals surface area contributed by atoms with E-state index >= 15 is 0 Å². The molecule has 1 amide bonds. The van der Waals surface area contributed by atoms with Crippen LogP contribution in [0.2, 0.25) is 0 Å². The first kappa shape index (κ1) is 15.7. The Kier molecular flexibility index (Phi) is 4.51. The Hall–Kier alpha value is -3.22. The molecular formula is C17H14FN3O3. The lowest BCUT2D eigenvalue weighted by molar-refractivity contribution is 0.0944. The Balaban J connectivity index is 1.67. The highest BCUT2D eigenvalue weighted by molar-refractivity contribution is 5.96. The third-order valence-electron chi connectivity index (χ3n) is 3.31.